The number of amides is 1. The van der Waals surface area contributed by atoms with E-state index in [4.69, 9.17) is 11.6 Å². The second-order valence-electron chi connectivity index (χ2n) is 4.02. The second kappa shape index (κ2) is 7.06. The molecule has 17 heavy (non-hydrogen) atoms. The molecule has 0 aromatic heterocycles. The molecule has 0 aliphatic rings. The standard InChI is InChI=1S/C12H16ClIN2O/c1-8(2)16-12(17)5-6-15-11-7-9(14)3-4-10(11)13/h3-4,7-8,15H,5-6H2,1-2H3,(H,16,17). The third-order valence-electron chi connectivity index (χ3n) is 2.05. The molecular weight excluding hydrogens is 351 g/mol. The van der Waals surface area contributed by atoms with Gasteiger partial charge in [-0.05, 0) is 54.6 Å². The van der Waals surface area contributed by atoms with Crippen molar-refractivity contribution < 1.29 is 4.79 Å². The third-order valence-corrected chi connectivity index (χ3v) is 3.05. The lowest BCUT2D eigenvalue weighted by molar-refractivity contribution is -0.121. The second-order valence-corrected chi connectivity index (χ2v) is 5.68. The first-order valence-electron chi connectivity index (χ1n) is 5.47. The molecule has 0 saturated carbocycles. The first-order valence-corrected chi connectivity index (χ1v) is 6.93. The number of carbonyl (C=O) groups excluding carboxylic acids is 1. The normalized spacial score (nSPS) is 10.4. The lowest BCUT2D eigenvalue weighted by Gasteiger charge is -2.10. The van der Waals surface area contributed by atoms with Crippen molar-refractivity contribution in [3.05, 3.63) is 26.8 Å². The van der Waals surface area contributed by atoms with E-state index < -0.39 is 0 Å². The molecule has 0 atom stereocenters. The minimum absolute atomic E-state index is 0.0502. The molecule has 0 saturated heterocycles. The van der Waals surface area contributed by atoms with Gasteiger partial charge in [-0.1, -0.05) is 11.6 Å². The molecule has 0 radical (unpaired) electrons. The van der Waals surface area contributed by atoms with Crippen molar-refractivity contribution in [2.75, 3.05) is 11.9 Å². The van der Waals surface area contributed by atoms with Crippen molar-refractivity contribution in [1.82, 2.24) is 5.32 Å². The van der Waals surface area contributed by atoms with Crippen LogP contribution in [0.1, 0.15) is 20.3 Å². The van der Waals surface area contributed by atoms with E-state index in [2.05, 4.69) is 33.2 Å². The molecule has 0 aliphatic heterocycles. The Hall–Kier alpha value is -0.490. The van der Waals surface area contributed by atoms with Crippen LogP contribution in [0.3, 0.4) is 0 Å². The minimum Gasteiger partial charge on any atom is -0.383 e. The summed E-state index contributed by atoms with van der Waals surface area (Å²) in [5.74, 6) is 0.0502. The monoisotopic (exact) mass is 366 g/mol. The van der Waals surface area contributed by atoms with Crippen LogP contribution in [-0.4, -0.2) is 18.5 Å². The van der Waals surface area contributed by atoms with Crippen LogP contribution in [0.15, 0.2) is 18.2 Å². The van der Waals surface area contributed by atoms with Crippen LogP contribution in [0.4, 0.5) is 5.69 Å². The van der Waals surface area contributed by atoms with Crippen LogP contribution in [-0.2, 0) is 4.79 Å². The zero-order valence-corrected chi connectivity index (χ0v) is 12.8. The van der Waals surface area contributed by atoms with Crippen molar-refractivity contribution in [2.45, 2.75) is 26.3 Å². The smallest absolute Gasteiger partial charge is 0.221 e. The van der Waals surface area contributed by atoms with Gasteiger partial charge in [-0.3, -0.25) is 4.79 Å². The molecule has 2 N–H and O–H groups in total. The number of hydrogen-bond acceptors (Lipinski definition) is 2. The molecule has 1 aromatic rings. The van der Waals surface area contributed by atoms with Gasteiger partial charge in [-0.25, -0.2) is 0 Å². The van der Waals surface area contributed by atoms with E-state index in [9.17, 15) is 4.79 Å². The molecule has 0 heterocycles. The van der Waals surface area contributed by atoms with Gasteiger partial charge in [0.15, 0.2) is 0 Å². The highest BCUT2D eigenvalue weighted by molar-refractivity contribution is 14.1. The summed E-state index contributed by atoms with van der Waals surface area (Å²) in [6.07, 6.45) is 0.444. The van der Waals surface area contributed by atoms with E-state index in [1.54, 1.807) is 0 Å². The van der Waals surface area contributed by atoms with Crippen molar-refractivity contribution >= 4 is 45.8 Å². The van der Waals surface area contributed by atoms with Gasteiger partial charge in [0.05, 0.1) is 10.7 Å². The van der Waals surface area contributed by atoms with Gasteiger partial charge >= 0.3 is 0 Å². The van der Waals surface area contributed by atoms with Crippen molar-refractivity contribution in [3.8, 4) is 0 Å². The molecule has 1 amide bonds. The predicted octanol–water partition coefficient (Wildman–Crippen LogP) is 3.27. The van der Waals surface area contributed by atoms with E-state index >= 15 is 0 Å². The predicted molar refractivity (Wildman–Crippen MR) is 80.6 cm³/mol. The van der Waals surface area contributed by atoms with Crippen LogP contribution in [0.5, 0.6) is 0 Å². The summed E-state index contributed by atoms with van der Waals surface area (Å²) in [5.41, 5.74) is 0.871. The Morgan fingerprint density at radius 2 is 2.18 bits per heavy atom. The van der Waals surface area contributed by atoms with Gasteiger partial charge in [0.1, 0.15) is 0 Å². The molecular formula is C12H16ClIN2O. The lowest BCUT2D eigenvalue weighted by Crippen LogP contribution is -2.31. The van der Waals surface area contributed by atoms with Gasteiger partial charge in [0.25, 0.3) is 0 Å². The summed E-state index contributed by atoms with van der Waals surface area (Å²) in [4.78, 5) is 11.4. The van der Waals surface area contributed by atoms with Gasteiger partial charge in [-0.2, -0.15) is 0 Å². The molecule has 1 aromatic carbocycles. The Balaban J connectivity index is 2.40. The molecule has 0 unspecified atom stereocenters. The zero-order valence-electron chi connectivity index (χ0n) is 9.89. The number of hydrogen-bond donors (Lipinski definition) is 2. The number of carbonyl (C=O) groups is 1. The molecule has 0 aliphatic carbocycles. The Labute approximate surface area is 120 Å². The van der Waals surface area contributed by atoms with Crippen LogP contribution < -0.4 is 10.6 Å². The average molecular weight is 367 g/mol. The van der Waals surface area contributed by atoms with Gasteiger partial charge < -0.3 is 10.6 Å². The number of anilines is 1. The quantitative estimate of drug-likeness (QED) is 0.785. The maximum atomic E-state index is 11.4. The summed E-state index contributed by atoms with van der Waals surface area (Å²) < 4.78 is 1.11. The zero-order chi connectivity index (χ0) is 12.8. The molecule has 0 spiro atoms. The van der Waals surface area contributed by atoms with Gasteiger partial charge in [0, 0.05) is 22.6 Å². The Morgan fingerprint density at radius 1 is 1.47 bits per heavy atom. The maximum Gasteiger partial charge on any atom is 0.221 e. The first kappa shape index (κ1) is 14.6. The summed E-state index contributed by atoms with van der Waals surface area (Å²) in [5, 5.41) is 6.68. The highest BCUT2D eigenvalue weighted by atomic mass is 127. The number of halogens is 2. The topological polar surface area (TPSA) is 41.1 Å². The maximum absolute atomic E-state index is 11.4. The average Bonchev–Trinajstić information content (AvgIpc) is 2.22. The fourth-order valence-corrected chi connectivity index (χ4v) is 2.01. The van der Waals surface area contributed by atoms with Crippen molar-refractivity contribution in [3.63, 3.8) is 0 Å². The molecule has 5 heteroatoms. The largest absolute Gasteiger partial charge is 0.383 e. The molecule has 3 nitrogen and oxygen atoms in total. The Bertz CT molecular complexity index is 396. The van der Waals surface area contributed by atoms with Crippen molar-refractivity contribution in [2.24, 2.45) is 0 Å². The highest BCUT2D eigenvalue weighted by Crippen LogP contribution is 2.23. The van der Waals surface area contributed by atoms with Gasteiger partial charge in [-0.15, -0.1) is 0 Å². The molecule has 0 bridgehead atoms. The summed E-state index contributed by atoms with van der Waals surface area (Å²) in [6.45, 7) is 4.47. The Morgan fingerprint density at radius 3 is 2.82 bits per heavy atom. The van der Waals surface area contributed by atoms with E-state index in [1.807, 2.05) is 32.0 Å². The van der Waals surface area contributed by atoms with Crippen LogP contribution in [0, 0.1) is 3.57 Å². The first-order chi connectivity index (χ1) is 7.99. The van der Waals surface area contributed by atoms with Crippen molar-refractivity contribution in [1.29, 1.82) is 0 Å². The number of benzene rings is 1. The van der Waals surface area contributed by atoms with Crippen LogP contribution >= 0.6 is 34.2 Å². The van der Waals surface area contributed by atoms with E-state index in [0.29, 0.717) is 18.0 Å². The number of nitrogens with one attached hydrogen (secondary N) is 2. The fraction of sp³-hybridized carbons (Fsp3) is 0.417. The SMILES string of the molecule is CC(C)NC(=O)CCNc1cc(I)ccc1Cl. The minimum atomic E-state index is 0.0502. The highest BCUT2D eigenvalue weighted by Gasteiger charge is 2.04. The molecule has 0 fully saturated rings. The van der Waals surface area contributed by atoms with E-state index in [-0.39, 0.29) is 11.9 Å². The van der Waals surface area contributed by atoms with E-state index in [0.717, 1.165) is 9.26 Å². The van der Waals surface area contributed by atoms with Crippen LogP contribution in [0.25, 0.3) is 0 Å². The van der Waals surface area contributed by atoms with E-state index in [1.165, 1.54) is 0 Å². The summed E-state index contributed by atoms with van der Waals surface area (Å²) in [6, 6.07) is 5.94. The van der Waals surface area contributed by atoms with Crippen LogP contribution in [0.2, 0.25) is 5.02 Å². The third kappa shape index (κ3) is 5.59. The lowest BCUT2D eigenvalue weighted by atomic mass is 10.3. The molecule has 94 valence electrons. The Kier molecular flexibility index (Phi) is 6.05. The number of rotatable bonds is 5. The summed E-state index contributed by atoms with van der Waals surface area (Å²) in [7, 11) is 0. The van der Waals surface area contributed by atoms with Gasteiger partial charge in [0.2, 0.25) is 5.91 Å². The fourth-order valence-electron chi connectivity index (χ4n) is 1.34. The summed E-state index contributed by atoms with van der Waals surface area (Å²) >= 11 is 8.25. The molecule has 1 rings (SSSR count).